The Morgan fingerprint density at radius 3 is 2.52 bits per heavy atom. The van der Waals surface area contributed by atoms with Crippen LogP contribution in [0.2, 0.25) is 0 Å². The number of methoxy groups -OCH3 is 1. The second kappa shape index (κ2) is 8.34. The van der Waals surface area contributed by atoms with E-state index in [1.165, 1.54) is 0 Å². The largest absolute Gasteiger partial charge is 0.383 e. The number of hydrogen-bond donors (Lipinski definition) is 2. The normalized spacial score (nSPS) is 12.1. The number of anilines is 1. The monoisotopic (exact) mass is 286 g/mol. The highest BCUT2D eigenvalue weighted by Crippen LogP contribution is 2.15. The van der Waals surface area contributed by atoms with Gasteiger partial charge in [-0.1, -0.05) is 30.3 Å². The molecule has 0 aliphatic carbocycles. The predicted octanol–water partition coefficient (Wildman–Crippen LogP) is 2.31. The summed E-state index contributed by atoms with van der Waals surface area (Å²) in [4.78, 5) is 8.81. The van der Waals surface area contributed by atoms with E-state index in [0.717, 1.165) is 29.9 Å². The van der Waals surface area contributed by atoms with Crippen molar-refractivity contribution in [1.29, 1.82) is 0 Å². The van der Waals surface area contributed by atoms with Gasteiger partial charge in [-0.15, -0.1) is 0 Å². The third kappa shape index (κ3) is 4.81. The third-order valence-corrected chi connectivity index (χ3v) is 3.18. The van der Waals surface area contributed by atoms with E-state index in [9.17, 15) is 0 Å². The summed E-state index contributed by atoms with van der Waals surface area (Å²) >= 11 is 0. The molecule has 0 saturated heterocycles. The fourth-order valence-corrected chi connectivity index (χ4v) is 2.14. The summed E-state index contributed by atoms with van der Waals surface area (Å²) in [5.74, 6) is 0.728. The van der Waals surface area contributed by atoms with Crippen LogP contribution in [0.3, 0.4) is 0 Å². The minimum Gasteiger partial charge on any atom is -0.383 e. The lowest BCUT2D eigenvalue weighted by molar-refractivity contribution is 0.182. The first kappa shape index (κ1) is 15.4. The van der Waals surface area contributed by atoms with Crippen molar-refractivity contribution in [3.8, 4) is 11.4 Å². The molecule has 2 rings (SSSR count). The maximum atomic E-state index is 5.56. The molecule has 0 saturated carbocycles. The van der Waals surface area contributed by atoms with Crippen molar-refractivity contribution in [3.63, 3.8) is 0 Å². The lowest BCUT2D eigenvalue weighted by Crippen LogP contribution is -2.26. The van der Waals surface area contributed by atoms with Crippen LogP contribution in [0.1, 0.15) is 12.8 Å². The van der Waals surface area contributed by atoms with Gasteiger partial charge in [-0.3, -0.25) is 0 Å². The lowest BCUT2D eigenvalue weighted by atomic mass is 10.1. The maximum Gasteiger partial charge on any atom is 0.159 e. The summed E-state index contributed by atoms with van der Waals surface area (Å²) < 4.78 is 5.22. The molecule has 0 aliphatic heterocycles. The first-order chi connectivity index (χ1) is 10.3. The SMILES string of the molecule is COCC(CCCN)Nc1cnc(-c2ccccc2)nc1. The first-order valence-electron chi connectivity index (χ1n) is 7.16. The molecule has 1 unspecified atom stereocenters. The topological polar surface area (TPSA) is 73.1 Å². The van der Waals surface area contributed by atoms with E-state index in [0.29, 0.717) is 13.2 Å². The molecule has 0 amide bonds. The highest BCUT2D eigenvalue weighted by Gasteiger charge is 2.08. The zero-order chi connectivity index (χ0) is 14.9. The molecule has 21 heavy (non-hydrogen) atoms. The van der Waals surface area contributed by atoms with Crippen LogP contribution in [0.15, 0.2) is 42.7 Å². The van der Waals surface area contributed by atoms with Gasteiger partial charge in [-0.25, -0.2) is 9.97 Å². The summed E-state index contributed by atoms with van der Waals surface area (Å²) in [5.41, 5.74) is 7.47. The van der Waals surface area contributed by atoms with Gasteiger partial charge in [-0.2, -0.15) is 0 Å². The molecule has 5 nitrogen and oxygen atoms in total. The minimum absolute atomic E-state index is 0.227. The van der Waals surface area contributed by atoms with Crippen LogP contribution >= 0.6 is 0 Å². The Kier molecular flexibility index (Phi) is 6.12. The summed E-state index contributed by atoms with van der Waals surface area (Å²) in [5, 5.41) is 3.39. The van der Waals surface area contributed by atoms with Crippen LogP contribution in [-0.4, -0.2) is 36.3 Å². The second-order valence-electron chi connectivity index (χ2n) is 4.89. The van der Waals surface area contributed by atoms with Gasteiger partial charge in [0.15, 0.2) is 5.82 Å². The average molecular weight is 286 g/mol. The predicted molar refractivity (Wildman–Crippen MR) is 85.0 cm³/mol. The van der Waals surface area contributed by atoms with E-state index in [-0.39, 0.29) is 6.04 Å². The van der Waals surface area contributed by atoms with Crippen LogP contribution in [-0.2, 0) is 4.74 Å². The lowest BCUT2D eigenvalue weighted by Gasteiger charge is -2.18. The fourth-order valence-electron chi connectivity index (χ4n) is 2.14. The van der Waals surface area contributed by atoms with E-state index >= 15 is 0 Å². The van der Waals surface area contributed by atoms with Crippen LogP contribution in [0.25, 0.3) is 11.4 Å². The molecule has 5 heteroatoms. The van der Waals surface area contributed by atoms with Crippen molar-refractivity contribution < 1.29 is 4.74 Å². The van der Waals surface area contributed by atoms with Crippen LogP contribution in [0.5, 0.6) is 0 Å². The van der Waals surface area contributed by atoms with E-state index in [4.69, 9.17) is 10.5 Å². The summed E-state index contributed by atoms with van der Waals surface area (Å²) in [6.07, 6.45) is 5.54. The number of nitrogens with two attached hydrogens (primary N) is 1. The van der Waals surface area contributed by atoms with E-state index < -0.39 is 0 Å². The molecule has 112 valence electrons. The third-order valence-electron chi connectivity index (χ3n) is 3.18. The Hall–Kier alpha value is -1.98. The Labute approximate surface area is 125 Å². The highest BCUT2D eigenvalue weighted by molar-refractivity contribution is 5.55. The van der Waals surface area contributed by atoms with Crippen molar-refractivity contribution in [2.45, 2.75) is 18.9 Å². The minimum atomic E-state index is 0.227. The molecule has 1 atom stereocenters. The van der Waals surface area contributed by atoms with Gasteiger partial charge < -0.3 is 15.8 Å². The summed E-state index contributed by atoms with van der Waals surface area (Å²) in [6.45, 7) is 1.33. The van der Waals surface area contributed by atoms with Gasteiger partial charge in [0.2, 0.25) is 0 Å². The zero-order valence-electron chi connectivity index (χ0n) is 12.3. The van der Waals surface area contributed by atoms with Gasteiger partial charge in [0.05, 0.1) is 24.7 Å². The second-order valence-corrected chi connectivity index (χ2v) is 4.89. The van der Waals surface area contributed by atoms with Gasteiger partial charge in [0, 0.05) is 18.7 Å². The van der Waals surface area contributed by atoms with Crippen molar-refractivity contribution in [2.75, 3.05) is 25.6 Å². The first-order valence-corrected chi connectivity index (χ1v) is 7.16. The number of ether oxygens (including phenoxy) is 1. The smallest absolute Gasteiger partial charge is 0.159 e. The van der Waals surface area contributed by atoms with E-state index in [1.54, 1.807) is 19.5 Å². The standard InChI is InChI=1S/C16H22N4O/c1-21-12-14(8-5-9-17)20-15-10-18-16(19-11-15)13-6-3-2-4-7-13/h2-4,6-7,10-11,14,20H,5,8-9,12,17H2,1H3. The van der Waals surface area contributed by atoms with Crippen molar-refractivity contribution >= 4 is 5.69 Å². The molecule has 0 fully saturated rings. The van der Waals surface area contributed by atoms with Crippen molar-refractivity contribution in [3.05, 3.63) is 42.7 Å². The Balaban J connectivity index is 2.01. The van der Waals surface area contributed by atoms with E-state index in [1.807, 2.05) is 30.3 Å². The van der Waals surface area contributed by atoms with Gasteiger partial charge in [-0.05, 0) is 19.4 Å². The van der Waals surface area contributed by atoms with Crippen molar-refractivity contribution in [1.82, 2.24) is 9.97 Å². The molecule has 2 aromatic rings. The highest BCUT2D eigenvalue weighted by atomic mass is 16.5. The molecule has 3 N–H and O–H groups in total. The number of hydrogen-bond acceptors (Lipinski definition) is 5. The Morgan fingerprint density at radius 1 is 1.19 bits per heavy atom. The van der Waals surface area contributed by atoms with Gasteiger partial charge in [0.1, 0.15) is 0 Å². The number of nitrogens with one attached hydrogen (secondary N) is 1. The number of nitrogens with zero attached hydrogens (tertiary/aromatic N) is 2. The molecular weight excluding hydrogens is 264 g/mol. The summed E-state index contributed by atoms with van der Waals surface area (Å²) in [6, 6.07) is 10.2. The Morgan fingerprint density at radius 2 is 1.90 bits per heavy atom. The van der Waals surface area contributed by atoms with Gasteiger partial charge >= 0.3 is 0 Å². The molecule has 0 radical (unpaired) electrons. The quantitative estimate of drug-likeness (QED) is 0.779. The average Bonchev–Trinajstić information content (AvgIpc) is 2.54. The van der Waals surface area contributed by atoms with Crippen molar-refractivity contribution in [2.24, 2.45) is 5.73 Å². The fraction of sp³-hybridized carbons (Fsp3) is 0.375. The number of aromatic nitrogens is 2. The van der Waals surface area contributed by atoms with Crippen LogP contribution in [0, 0.1) is 0 Å². The van der Waals surface area contributed by atoms with E-state index in [2.05, 4.69) is 15.3 Å². The van der Waals surface area contributed by atoms with Crippen LogP contribution < -0.4 is 11.1 Å². The number of rotatable bonds is 8. The molecule has 1 aromatic carbocycles. The van der Waals surface area contributed by atoms with Crippen LogP contribution in [0.4, 0.5) is 5.69 Å². The Bertz CT molecular complexity index is 516. The molecular formula is C16H22N4O. The molecule has 1 heterocycles. The zero-order valence-corrected chi connectivity index (χ0v) is 12.3. The maximum absolute atomic E-state index is 5.56. The molecule has 0 aliphatic rings. The number of benzene rings is 1. The molecule has 1 aromatic heterocycles. The molecule has 0 bridgehead atoms. The molecule has 0 spiro atoms. The van der Waals surface area contributed by atoms with Gasteiger partial charge in [0.25, 0.3) is 0 Å². The summed E-state index contributed by atoms with van der Waals surface area (Å²) in [7, 11) is 1.70.